The number of carbonyl (C=O) groups excluding carboxylic acids is 1. The molecule has 0 aliphatic carbocycles. The van der Waals surface area contributed by atoms with Crippen molar-refractivity contribution in [2.45, 2.75) is 17.5 Å². The minimum Gasteiger partial charge on any atom is -0.476 e. The third kappa shape index (κ3) is 4.38. The lowest BCUT2D eigenvalue weighted by molar-refractivity contribution is -0.137. The van der Waals surface area contributed by atoms with Gasteiger partial charge in [0, 0.05) is 18.6 Å². The number of amides is 1. The number of ether oxygens (including phenoxy) is 1. The predicted molar refractivity (Wildman–Crippen MR) is 120 cm³/mol. The van der Waals surface area contributed by atoms with E-state index in [1.54, 1.807) is 36.2 Å². The molecule has 0 fully saturated rings. The minimum atomic E-state index is -3.92. The number of likely N-dealkylation sites (N-methyl/N-ethyl adjacent to an activating group) is 1. The highest BCUT2D eigenvalue weighted by molar-refractivity contribution is 7.92. The summed E-state index contributed by atoms with van der Waals surface area (Å²) in [5.41, 5.74) is 1.37. The number of hydrogen-bond acceptors (Lipinski definition) is 4. The van der Waals surface area contributed by atoms with Crippen molar-refractivity contribution in [3.63, 3.8) is 0 Å². The monoisotopic (exact) mass is 456 g/mol. The number of sulfonamides is 1. The van der Waals surface area contributed by atoms with Crippen LogP contribution in [0, 0.1) is 0 Å². The van der Waals surface area contributed by atoms with Crippen LogP contribution in [0.2, 0.25) is 5.02 Å². The molecule has 0 saturated heterocycles. The second-order valence-corrected chi connectivity index (χ2v) is 9.54. The Morgan fingerprint density at radius 3 is 2.39 bits per heavy atom. The number of nitrogens with zero attached hydrogens (tertiary/aromatic N) is 2. The van der Waals surface area contributed by atoms with Crippen LogP contribution in [0.1, 0.15) is 5.56 Å². The molecule has 3 aromatic rings. The summed E-state index contributed by atoms with van der Waals surface area (Å²) in [5, 5.41) is 0.442. The van der Waals surface area contributed by atoms with Crippen molar-refractivity contribution in [1.82, 2.24) is 4.90 Å². The van der Waals surface area contributed by atoms with E-state index in [0.717, 1.165) is 5.56 Å². The second-order valence-electron chi connectivity index (χ2n) is 7.24. The summed E-state index contributed by atoms with van der Waals surface area (Å²) in [6.07, 6.45) is -0.967. The molecule has 0 spiro atoms. The third-order valence-electron chi connectivity index (χ3n) is 5.05. The molecule has 8 heteroatoms. The molecule has 3 aromatic carbocycles. The lowest BCUT2D eigenvalue weighted by Gasteiger charge is -2.36. The lowest BCUT2D eigenvalue weighted by Crippen LogP contribution is -2.50. The van der Waals surface area contributed by atoms with Gasteiger partial charge in [-0.05, 0) is 42.0 Å². The number of anilines is 1. The summed E-state index contributed by atoms with van der Waals surface area (Å²) in [7, 11) is -2.24. The first-order valence-corrected chi connectivity index (χ1v) is 11.5. The fraction of sp³-hybridized carbons (Fsp3) is 0.174. The minimum absolute atomic E-state index is 0.0949. The Balaban J connectivity index is 1.64. The van der Waals surface area contributed by atoms with E-state index in [4.69, 9.17) is 16.3 Å². The van der Waals surface area contributed by atoms with Gasteiger partial charge in [-0.3, -0.25) is 9.10 Å². The Bertz CT molecular complexity index is 1180. The smallest absolute Gasteiger partial charge is 0.265 e. The summed E-state index contributed by atoms with van der Waals surface area (Å²) in [4.78, 5) is 14.8. The Morgan fingerprint density at radius 1 is 1.03 bits per heavy atom. The standard InChI is InChI=1S/C23H21ClN2O4S/c1-25(15-17-7-3-2-4-8-17)23(27)22-16-26(20-9-5-6-10-21(20)30-22)31(28,29)19-13-11-18(24)12-14-19/h2-14,22H,15-16H2,1H3. The van der Waals surface area contributed by atoms with Gasteiger partial charge in [0.15, 0.2) is 6.10 Å². The van der Waals surface area contributed by atoms with Crippen LogP contribution in [0.4, 0.5) is 5.69 Å². The molecule has 1 aliphatic rings. The van der Waals surface area contributed by atoms with Crippen LogP contribution < -0.4 is 9.04 Å². The van der Waals surface area contributed by atoms with Gasteiger partial charge in [0.25, 0.3) is 15.9 Å². The SMILES string of the molecule is CN(Cc1ccccc1)C(=O)C1CN(S(=O)(=O)c2ccc(Cl)cc2)c2ccccc2O1. The summed E-state index contributed by atoms with van der Waals surface area (Å²) >= 11 is 5.92. The highest BCUT2D eigenvalue weighted by atomic mass is 35.5. The number of halogens is 1. The van der Waals surface area contributed by atoms with Crippen LogP contribution in [-0.2, 0) is 21.4 Å². The number of rotatable bonds is 5. The Hall–Kier alpha value is -3.03. The fourth-order valence-electron chi connectivity index (χ4n) is 3.47. The molecule has 0 aromatic heterocycles. The van der Waals surface area contributed by atoms with Crippen molar-refractivity contribution in [2.75, 3.05) is 17.9 Å². The van der Waals surface area contributed by atoms with E-state index >= 15 is 0 Å². The topological polar surface area (TPSA) is 66.9 Å². The molecule has 0 N–H and O–H groups in total. The van der Waals surface area contributed by atoms with Gasteiger partial charge >= 0.3 is 0 Å². The van der Waals surface area contributed by atoms with Crippen molar-refractivity contribution in [1.29, 1.82) is 0 Å². The molecule has 160 valence electrons. The zero-order valence-corrected chi connectivity index (χ0v) is 18.4. The van der Waals surface area contributed by atoms with Crippen molar-refractivity contribution in [3.8, 4) is 5.75 Å². The zero-order valence-electron chi connectivity index (χ0n) is 16.8. The van der Waals surface area contributed by atoms with E-state index in [2.05, 4.69) is 0 Å². The van der Waals surface area contributed by atoms with Gasteiger partial charge in [-0.2, -0.15) is 0 Å². The second kappa shape index (κ2) is 8.61. The predicted octanol–water partition coefficient (Wildman–Crippen LogP) is 3.95. The van der Waals surface area contributed by atoms with Crippen LogP contribution >= 0.6 is 11.6 Å². The molecule has 0 bridgehead atoms. The van der Waals surface area contributed by atoms with Gasteiger partial charge < -0.3 is 9.64 Å². The number of fused-ring (bicyclic) bond motifs is 1. The molecule has 6 nitrogen and oxygen atoms in total. The Morgan fingerprint density at radius 2 is 1.68 bits per heavy atom. The summed E-state index contributed by atoms with van der Waals surface area (Å²) in [6.45, 7) is 0.269. The summed E-state index contributed by atoms with van der Waals surface area (Å²) < 4.78 is 33.9. The lowest BCUT2D eigenvalue weighted by atomic mass is 10.2. The maximum atomic E-state index is 13.4. The molecule has 0 radical (unpaired) electrons. The zero-order chi connectivity index (χ0) is 22.0. The highest BCUT2D eigenvalue weighted by Gasteiger charge is 2.38. The number of carbonyl (C=O) groups is 1. The average Bonchev–Trinajstić information content (AvgIpc) is 2.78. The first-order chi connectivity index (χ1) is 14.9. The van der Waals surface area contributed by atoms with Crippen LogP contribution in [0.25, 0.3) is 0 Å². The van der Waals surface area contributed by atoms with Crippen LogP contribution in [-0.4, -0.2) is 38.9 Å². The summed E-state index contributed by atoms with van der Waals surface area (Å²) in [5.74, 6) is 0.0485. The molecule has 0 saturated carbocycles. The van der Waals surface area contributed by atoms with Crippen LogP contribution in [0.5, 0.6) is 5.75 Å². The van der Waals surface area contributed by atoms with Crippen molar-refractivity contribution in [2.24, 2.45) is 0 Å². The van der Waals surface area contributed by atoms with Crippen LogP contribution in [0.3, 0.4) is 0 Å². The largest absolute Gasteiger partial charge is 0.476 e. The third-order valence-corrected chi connectivity index (χ3v) is 7.10. The van der Waals surface area contributed by atoms with Gasteiger partial charge in [-0.15, -0.1) is 0 Å². The van der Waals surface area contributed by atoms with E-state index in [9.17, 15) is 13.2 Å². The fourth-order valence-corrected chi connectivity index (χ4v) is 5.08. The van der Waals surface area contributed by atoms with Gasteiger partial charge in [0.2, 0.25) is 0 Å². The van der Waals surface area contributed by atoms with Crippen molar-refractivity contribution in [3.05, 3.63) is 89.4 Å². The quantitative estimate of drug-likeness (QED) is 0.583. The molecule has 1 heterocycles. The Labute approximate surface area is 186 Å². The van der Waals surface area contributed by atoms with E-state index in [1.165, 1.54) is 28.6 Å². The first kappa shape index (κ1) is 21.2. The molecule has 1 unspecified atom stereocenters. The maximum Gasteiger partial charge on any atom is 0.265 e. The van der Waals surface area contributed by atoms with Crippen molar-refractivity contribution >= 4 is 33.2 Å². The molecule has 31 heavy (non-hydrogen) atoms. The Kier molecular flexibility index (Phi) is 5.89. The van der Waals surface area contributed by atoms with Gasteiger partial charge in [-0.1, -0.05) is 54.1 Å². The molecular formula is C23H21ClN2O4S. The van der Waals surface area contributed by atoms with Crippen LogP contribution in [0.15, 0.2) is 83.8 Å². The molecule has 1 aliphatic heterocycles. The molecule has 1 amide bonds. The molecule has 4 rings (SSSR count). The number of benzene rings is 3. The van der Waals surface area contributed by atoms with Gasteiger partial charge in [0.1, 0.15) is 5.75 Å². The van der Waals surface area contributed by atoms with Gasteiger partial charge in [0.05, 0.1) is 17.1 Å². The van der Waals surface area contributed by atoms with E-state index in [1.807, 2.05) is 30.3 Å². The number of para-hydroxylation sites is 2. The van der Waals surface area contributed by atoms with E-state index in [0.29, 0.717) is 23.0 Å². The molecule has 1 atom stereocenters. The van der Waals surface area contributed by atoms with Crippen molar-refractivity contribution < 1.29 is 17.9 Å². The maximum absolute atomic E-state index is 13.4. The summed E-state index contributed by atoms with van der Waals surface area (Å²) in [6, 6.07) is 22.3. The first-order valence-electron chi connectivity index (χ1n) is 9.69. The average molecular weight is 457 g/mol. The van der Waals surface area contributed by atoms with E-state index in [-0.39, 0.29) is 17.3 Å². The van der Waals surface area contributed by atoms with E-state index < -0.39 is 16.1 Å². The number of hydrogen-bond donors (Lipinski definition) is 0. The molecular weight excluding hydrogens is 436 g/mol. The van der Waals surface area contributed by atoms with Gasteiger partial charge in [-0.25, -0.2) is 8.42 Å². The highest BCUT2D eigenvalue weighted by Crippen LogP contribution is 2.37. The normalized spacial score (nSPS) is 15.7.